The highest BCUT2D eigenvalue weighted by atomic mass is 19.1. The topological polar surface area (TPSA) is 58.4 Å². The normalized spacial score (nSPS) is 16.2. The van der Waals surface area contributed by atoms with Crippen molar-refractivity contribution in [2.45, 2.75) is 39.2 Å². The van der Waals surface area contributed by atoms with Gasteiger partial charge in [-0.2, -0.15) is 0 Å². The molecule has 2 aromatic carbocycles. The first-order valence-corrected chi connectivity index (χ1v) is 12.0. The molecule has 2 aliphatic rings. The molecule has 0 spiro atoms. The summed E-state index contributed by atoms with van der Waals surface area (Å²) in [5, 5.41) is 0. The Morgan fingerprint density at radius 1 is 0.912 bits per heavy atom. The molecule has 1 saturated heterocycles. The summed E-state index contributed by atoms with van der Waals surface area (Å²) in [7, 11) is 0. The minimum atomic E-state index is -0.403. The number of anilines is 1. The van der Waals surface area contributed by atoms with Crippen molar-refractivity contribution in [1.82, 2.24) is 14.5 Å². The van der Waals surface area contributed by atoms with Crippen molar-refractivity contribution in [1.29, 1.82) is 0 Å². The third kappa shape index (κ3) is 4.22. The molecule has 7 heteroatoms. The zero-order chi connectivity index (χ0) is 23.7. The first kappa shape index (κ1) is 22.3. The number of halogens is 1. The molecule has 5 rings (SSSR count). The Bertz CT molecular complexity index is 1210. The minimum absolute atomic E-state index is 0.0418. The average molecular weight is 461 g/mol. The van der Waals surface area contributed by atoms with Crippen molar-refractivity contribution in [2.75, 3.05) is 31.1 Å². The van der Waals surface area contributed by atoms with Gasteiger partial charge in [0.15, 0.2) is 5.78 Å². The first-order valence-electron chi connectivity index (χ1n) is 12.0. The second-order valence-corrected chi connectivity index (χ2v) is 9.06. The van der Waals surface area contributed by atoms with E-state index < -0.39 is 5.82 Å². The molecule has 0 bridgehead atoms. The van der Waals surface area contributed by atoms with E-state index in [4.69, 9.17) is 4.98 Å². The van der Waals surface area contributed by atoms with Gasteiger partial charge in [0.1, 0.15) is 17.3 Å². The Morgan fingerprint density at radius 3 is 2.38 bits per heavy atom. The summed E-state index contributed by atoms with van der Waals surface area (Å²) in [5.74, 6) is 0.265. The van der Waals surface area contributed by atoms with Crippen molar-refractivity contribution in [3.05, 3.63) is 71.3 Å². The van der Waals surface area contributed by atoms with E-state index in [2.05, 4.69) is 4.57 Å². The fourth-order valence-corrected chi connectivity index (χ4v) is 4.98. The maximum absolute atomic E-state index is 14.6. The van der Waals surface area contributed by atoms with Crippen LogP contribution in [-0.2, 0) is 13.0 Å². The van der Waals surface area contributed by atoms with Crippen molar-refractivity contribution < 1.29 is 14.0 Å². The van der Waals surface area contributed by atoms with Crippen LogP contribution in [0.5, 0.6) is 0 Å². The fraction of sp³-hybridized carbons (Fsp3) is 0.370. The summed E-state index contributed by atoms with van der Waals surface area (Å²) in [6.45, 7) is 4.37. The monoisotopic (exact) mass is 460 g/mol. The maximum atomic E-state index is 14.6. The van der Waals surface area contributed by atoms with E-state index in [9.17, 15) is 14.0 Å². The van der Waals surface area contributed by atoms with Gasteiger partial charge < -0.3 is 14.4 Å². The molecule has 1 fully saturated rings. The number of ketones is 1. The van der Waals surface area contributed by atoms with E-state index in [1.54, 1.807) is 12.1 Å². The van der Waals surface area contributed by atoms with Gasteiger partial charge in [-0.05, 0) is 44.4 Å². The van der Waals surface area contributed by atoms with Gasteiger partial charge in [-0.25, -0.2) is 9.37 Å². The highest BCUT2D eigenvalue weighted by Gasteiger charge is 2.30. The van der Waals surface area contributed by atoms with E-state index in [0.29, 0.717) is 43.1 Å². The third-order valence-electron chi connectivity index (χ3n) is 6.86. The van der Waals surface area contributed by atoms with E-state index in [1.807, 2.05) is 40.1 Å². The lowest BCUT2D eigenvalue weighted by Crippen LogP contribution is -2.49. The Balaban J connectivity index is 1.36. The lowest BCUT2D eigenvalue weighted by atomic mass is 10.1. The van der Waals surface area contributed by atoms with Gasteiger partial charge in [0, 0.05) is 43.9 Å². The number of nitrogens with zero attached hydrogens (tertiary/aromatic N) is 4. The summed E-state index contributed by atoms with van der Waals surface area (Å²) >= 11 is 0. The van der Waals surface area contributed by atoms with Gasteiger partial charge in [0.2, 0.25) is 0 Å². The van der Waals surface area contributed by atoms with Gasteiger partial charge in [-0.1, -0.05) is 36.8 Å². The molecule has 2 aliphatic heterocycles. The Kier molecular flexibility index (Phi) is 6.18. The molecule has 0 saturated carbocycles. The van der Waals surface area contributed by atoms with Crippen LogP contribution in [0.25, 0.3) is 11.4 Å². The predicted molar refractivity (Wildman–Crippen MR) is 130 cm³/mol. The highest BCUT2D eigenvalue weighted by molar-refractivity contribution is 5.95. The van der Waals surface area contributed by atoms with Crippen LogP contribution in [0, 0.1) is 5.82 Å². The van der Waals surface area contributed by atoms with E-state index in [1.165, 1.54) is 13.0 Å². The van der Waals surface area contributed by atoms with Crippen molar-refractivity contribution in [2.24, 2.45) is 0 Å². The molecule has 0 N–H and O–H groups in total. The second kappa shape index (κ2) is 9.41. The number of imidazole rings is 1. The number of amides is 1. The zero-order valence-corrected chi connectivity index (χ0v) is 19.5. The van der Waals surface area contributed by atoms with Crippen LogP contribution in [0.15, 0.2) is 48.5 Å². The molecular weight excluding hydrogens is 431 g/mol. The van der Waals surface area contributed by atoms with Gasteiger partial charge in [-0.3, -0.25) is 9.59 Å². The lowest BCUT2D eigenvalue weighted by Gasteiger charge is -2.36. The van der Waals surface area contributed by atoms with E-state index >= 15 is 0 Å². The molecule has 6 nitrogen and oxygen atoms in total. The molecule has 0 aliphatic carbocycles. The lowest BCUT2D eigenvalue weighted by molar-refractivity contribution is 0.0739. The summed E-state index contributed by atoms with van der Waals surface area (Å²) in [5.41, 5.74) is 3.46. The second-order valence-electron chi connectivity index (χ2n) is 9.06. The van der Waals surface area contributed by atoms with Crippen LogP contribution in [0.4, 0.5) is 10.1 Å². The molecule has 1 amide bonds. The third-order valence-corrected chi connectivity index (χ3v) is 6.86. The van der Waals surface area contributed by atoms with Crippen molar-refractivity contribution in [3.8, 4) is 11.4 Å². The number of carbonyl (C=O) groups excluding carboxylic acids is 2. The standard InChI is InChI=1S/C27H29FN4O2/c1-19(33)21-11-12-23(22(28)18-21)30-14-16-31(17-15-30)27(34)25-24-10-6-3-7-13-32(24)26(29-25)20-8-4-2-5-9-20/h2,4-5,8-9,11-12,18H,3,6-7,10,13-17H2,1H3. The van der Waals surface area contributed by atoms with E-state index in [0.717, 1.165) is 49.3 Å². The number of benzene rings is 2. The summed E-state index contributed by atoms with van der Waals surface area (Å²) in [6.07, 6.45) is 4.15. The van der Waals surface area contributed by atoms with Crippen LogP contribution in [-0.4, -0.2) is 52.3 Å². The minimum Gasteiger partial charge on any atom is -0.366 e. The molecule has 34 heavy (non-hydrogen) atoms. The van der Waals surface area contributed by atoms with Crippen LogP contribution >= 0.6 is 0 Å². The van der Waals surface area contributed by atoms with Gasteiger partial charge in [-0.15, -0.1) is 0 Å². The highest BCUT2D eigenvalue weighted by Crippen LogP contribution is 2.29. The van der Waals surface area contributed by atoms with Gasteiger partial charge in [0.05, 0.1) is 11.4 Å². The van der Waals surface area contributed by atoms with E-state index in [-0.39, 0.29) is 11.7 Å². The molecule has 176 valence electrons. The van der Waals surface area contributed by atoms with Gasteiger partial charge in [0.25, 0.3) is 5.91 Å². The molecule has 0 radical (unpaired) electrons. The van der Waals surface area contributed by atoms with Crippen LogP contribution in [0.1, 0.15) is 52.7 Å². The summed E-state index contributed by atoms with van der Waals surface area (Å²) < 4.78 is 16.9. The number of piperazine rings is 1. The Morgan fingerprint density at radius 2 is 1.68 bits per heavy atom. The SMILES string of the molecule is CC(=O)c1ccc(N2CCN(C(=O)c3nc(-c4ccccc4)n4c3CCCCC4)CC2)c(F)c1. The number of fused-ring (bicyclic) bond motifs is 1. The number of rotatable bonds is 4. The number of aromatic nitrogens is 2. The number of carbonyl (C=O) groups is 2. The van der Waals surface area contributed by atoms with Crippen molar-refractivity contribution >= 4 is 17.4 Å². The van der Waals surface area contributed by atoms with Crippen LogP contribution < -0.4 is 4.90 Å². The largest absolute Gasteiger partial charge is 0.366 e. The smallest absolute Gasteiger partial charge is 0.274 e. The molecule has 3 aromatic rings. The molecule has 1 aromatic heterocycles. The Hall–Kier alpha value is -3.48. The Labute approximate surface area is 199 Å². The number of hydrogen-bond acceptors (Lipinski definition) is 4. The zero-order valence-electron chi connectivity index (χ0n) is 19.5. The molecule has 3 heterocycles. The molecular formula is C27H29FN4O2. The maximum Gasteiger partial charge on any atom is 0.274 e. The molecule has 0 unspecified atom stereocenters. The van der Waals surface area contributed by atoms with Crippen LogP contribution in [0.2, 0.25) is 0 Å². The quantitative estimate of drug-likeness (QED) is 0.535. The summed E-state index contributed by atoms with van der Waals surface area (Å²) in [4.78, 5) is 33.7. The number of Topliss-reactive ketones (excluding diaryl/α,β-unsaturated/α-hetero) is 1. The first-order chi connectivity index (χ1) is 16.5. The average Bonchev–Trinajstić information content (AvgIpc) is 3.04. The molecule has 0 atom stereocenters. The fourth-order valence-electron chi connectivity index (χ4n) is 4.98. The number of hydrogen-bond donors (Lipinski definition) is 0. The van der Waals surface area contributed by atoms with Gasteiger partial charge >= 0.3 is 0 Å². The van der Waals surface area contributed by atoms with Crippen LogP contribution in [0.3, 0.4) is 0 Å². The predicted octanol–water partition coefficient (Wildman–Crippen LogP) is 4.58. The summed E-state index contributed by atoms with van der Waals surface area (Å²) in [6, 6.07) is 14.7. The van der Waals surface area contributed by atoms with Crippen molar-refractivity contribution in [3.63, 3.8) is 0 Å².